The van der Waals surface area contributed by atoms with E-state index in [0.29, 0.717) is 58.2 Å². The summed E-state index contributed by atoms with van der Waals surface area (Å²) < 4.78 is 48.8. The number of benzene rings is 6. The van der Waals surface area contributed by atoms with E-state index >= 15 is 0 Å². The summed E-state index contributed by atoms with van der Waals surface area (Å²) in [5, 5.41) is 3.65. The molecule has 3 aromatic heterocycles. The number of imidazole rings is 3. The number of nitrogens with zero attached hydrogens (tertiary/aromatic N) is 6. The maximum absolute atomic E-state index is 7.38. The number of hydrogen-bond donors (Lipinski definition) is 1. The van der Waals surface area contributed by atoms with E-state index in [4.69, 9.17) is 38.4 Å². The smallest absolute Gasteiger partial charge is 0.146 e. The van der Waals surface area contributed by atoms with E-state index < -0.39 is 0 Å². The van der Waals surface area contributed by atoms with Crippen molar-refractivity contribution in [3.8, 4) is 34.5 Å². The quantitative estimate of drug-likeness (QED) is 0.0993. The Hall–Kier alpha value is -8.29. The van der Waals surface area contributed by atoms with Crippen LogP contribution in [0, 0.1) is 0 Å². The summed E-state index contributed by atoms with van der Waals surface area (Å²) in [6.45, 7) is 43.7. The SMILES string of the molecule is COc1c2cc(C(C)(C)C)cc1Cc1cc(C(C)(C)C)cc(c1OCc1nccn1C)Cc1cc(C(C)(C)C)cc(c1OC)Cc1cc(C(C)(C)C)cc(c1OCc1nccn1C)Cc1cc(C(C)(C)C)cc(c1OC)Cc1cc(C(C)(C)C)cc(c1OCCNCc1nccn1C)C2. The van der Waals surface area contributed by atoms with Crippen LogP contribution in [-0.4, -0.2) is 63.1 Å². The van der Waals surface area contributed by atoms with Gasteiger partial charge in [-0.05, 0) is 133 Å². The minimum Gasteiger partial charge on any atom is -0.496 e. The zero-order valence-corrected chi connectivity index (χ0v) is 64.3. The van der Waals surface area contributed by atoms with Gasteiger partial charge in [-0.1, -0.05) is 197 Å². The van der Waals surface area contributed by atoms with Crippen molar-refractivity contribution in [3.05, 3.63) is 228 Å². The van der Waals surface area contributed by atoms with Crippen molar-refractivity contribution in [2.24, 2.45) is 21.1 Å². The van der Waals surface area contributed by atoms with Gasteiger partial charge in [0.15, 0.2) is 0 Å². The fourth-order valence-electron chi connectivity index (χ4n) is 13.6. The molecular weight excluding hydrogens is 1230 g/mol. The van der Waals surface area contributed by atoms with Crippen molar-refractivity contribution in [3.63, 3.8) is 0 Å². The number of aromatic nitrogens is 6. The molecule has 13 heteroatoms. The number of fused-ring (bicyclic) bond motifs is 12. The van der Waals surface area contributed by atoms with Gasteiger partial charge >= 0.3 is 0 Å². The lowest BCUT2D eigenvalue weighted by Crippen LogP contribution is -2.23. The highest BCUT2D eigenvalue weighted by Gasteiger charge is 2.32. The summed E-state index contributed by atoms with van der Waals surface area (Å²) >= 11 is 0. The Morgan fingerprint density at radius 1 is 0.313 bits per heavy atom. The molecule has 0 aliphatic heterocycles. The monoisotopic (exact) mass is 1340 g/mol. The van der Waals surface area contributed by atoms with Gasteiger partial charge in [0.1, 0.15) is 71.8 Å². The van der Waals surface area contributed by atoms with E-state index in [2.05, 4.69) is 212 Å². The number of methoxy groups -OCH3 is 3. The first kappa shape index (κ1) is 73.4. The molecule has 0 amide bonds. The van der Waals surface area contributed by atoms with Crippen molar-refractivity contribution < 1.29 is 28.4 Å². The number of rotatable bonds is 15. The van der Waals surface area contributed by atoms with E-state index in [9.17, 15) is 0 Å². The molecule has 0 atom stereocenters. The Labute approximate surface area is 592 Å². The largest absolute Gasteiger partial charge is 0.496 e. The summed E-state index contributed by atoms with van der Waals surface area (Å²) in [4.78, 5) is 14.2. The first-order valence-electron chi connectivity index (χ1n) is 35.5. The number of aryl methyl sites for hydroxylation is 3. The lowest BCUT2D eigenvalue weighted by atomic mass is 9.79. The summed E-state index contributed by atoms with van der Waals surface area (Å²) in [6, 6.07) is 28.6. The van der Waals surface area contributed by atoms with Gasteiger partial charge in [0.05, 0.1) is 27.9 Å². The van der Waals surface area contributed by atoms with Gasteiger partial charge in [0.2, 0.25) is 0 Å². The zero-order chi connectivity index (χ0) is 71.9. The average molecular weight is 1340 g/mol. The second-order valence-corrected chi connectivity index (χ2v) is 33.9. The number of nitrogens with one attached hydrogen (secondary N) is 1. The Kier molecular flexibility index (Phi) is 21.3. The van der Waals surface area contributed by atoms with Gasteiger partial charge in [-0.15, -0.1) is 0 Å². The van der Waals surface area contributed by atoms with Gasteiger partial charge in [0, 0.05) is 103 Å². The topological polar surface area (TPSA) is 121 Å². The minimum absolute atomic E-state index is 0.232. The molecular formula is C86H113N7O6. The molecule has 0 saturated heterocycles. The van der Waals surface area contributed by atoms with Crippen molar-refractivity contribution in [1.82, 2.24) is 34.0 Å². The van der Waals surface area contributed by atoms with Crippen LogP contribution < -0.4 is 33.7 Å². The van der Waals surface area contributed by atoms with E-state index in [1.807, 2.05) is 88.8 Å². The van der Waals surface area contributed by atoms with Crippen LogP contribution in [-0.2, 0) is 112 Å². The van der Waals surface area contributed by atoms with Crippen LogP contribution in [0.4, 0.5) is 0 Å². The molecule has 6 aromatic carbocycles. The first-order chi connectivity index (χ1) is 46.4. The van der Waals surface area contributed by atoms with E-state index in [1.165, 1.54) is 33.4 Å². The van der Waals surface area contributed by atoms with Gasteiger partial charge < -0.3 is 47.4 Å². The molecule has 0 unspecified atom stereocenters. The van der Waals surface area contributed by atoms with Crippen LogP contribution in [0.3, 0.4) is 0 Å². The average Bonchev–Trinajstić information content (AvgIpc) is 1.01. The Balaban J connectivity index is 1.32. The van der Waals surface area contributed by atoms with E-state index in [1.54, 1.807) is 0 Å². The molecule has 528 valence electrons. The van der Waals surface area contributed by atoms with Crippen LogP contribution in [0.2, 0.25) is 0 Å². The van der Waals surface area contributed by atoms with Gasteiger partial charge in [-0.25, -0.2) is 15.0 Å². The Morgan fingerprint density at radius 2 is 0.525 bits per heavy atom. The lowest BCUT2D eigenvalue weighted by Gasteiger charge is -2.29. The fourth-order valence-corrected chi connectivity index (χ4v) is 13.6. The lowest BCUT2D eigenvalue weighted by molar-refractivity contribution is 0.286. The van der Waals surface area contributed by atoms with Crippen molar-refractivity contribution in [2.45, 2.75) is 215 Å². The number of ether oxygens (including phenoxy) is 6. The maximum atomic E-state index is 7.38. The van der Waals surface area contributed by atoms with Crippen LogP contribution in [0.25, 0.3) is 0 Å². The van der Waals surface area contributed by atoms with Crippen LogP contribution in [0.15, 0.2) is 110 Å². The molecule has 1 N–H and O–H groups in total. The molecule has 99 heavy (non-hydrogen) atoms. The van der Waals surface area contributed by atoms with Gasteiger partial charge in [-0.2, -0.15) is 0 Å². The summed E-state index contributed by atoms with van der Waals surface area (Å²) in [6.07, 6.45) is 14.6. The summed E-state index contributed by atoms with van der Waals surface area (Å²) in [5.74, 6) is 7.64. The third-order valence-electron chi connectivity index (χ3n) is 19.8. The van der Waals surface area contributed by atoms with Crippen LogP contribution in [0.1, 0.15) is 242 Å². The molecule has 1 aliphatic carbocycles. The Bertz CT molecular complexity index is 4130. The van der Waals surface area contributed by atoms with Gasteiger partial charge in [-0.3, -0.25) is 0 Å². The normalized spacial score (nSPS) is 13.5. The molecule has 10 rings (SSSR count). The predicted molar refractivity (Wildman–Crippen MR) is 403 cm³/mol. The number of hydrogen-bond acceptors (Lipinski definition) is 10. The van der Waals surface area contributed by atoms with Crippen LogP contribution >= 0.6 is 0 Å². The Morgan fingerprint density at radius 3 is 0.727 bits per heavy atom. The molecule has 12 bridgehead atoms. The first-order valence-corrected chi connectivity index (χ1v) is 35.5. The van der Waals surface area contributed by atoms with E-state index in [-0.39, 0.29) is 45.7 Å². The summed E-state index contributed by atoms with van der Waals surface area (Å²) in [5.41, 5.74) is 18.7. The third kappa shape index (κ3) is 17.0. The minimum atomic E-state index is -0.241. The predicted octanol–water partition coefficient (Wildman–Crippen LogP) is 17.9. The zero-order valence-electron chi connectivity index (χ0n) is 64.3. The summed E-state index contributed by atoms with van der Waals surface area (Å²) in [7, 11) is 11.6. The van der Waals surface area contributed by atoms with Crippen molar-refractivity contribution in [2.75, 3.05) is 34.5 Å². The molecule has 9 aromatic rings. The second-order valence-electron chi connectivity index (χ2n) is 33.9. The highest BCUT2D eigenvalue weighted by molar-refractivity contribution is 5.62. The third-order valence-corrected chi connectivity index (χ3v) is 19.8. The molecule has 1 aliphatic rings. The molecule has 13 nitrogen and oxygen atoms in total. The molecule has 0 fully saturated rings. The highest BCUT2D eigenvalue weighted by atomic mass is 16.5. The van der Waals surface area contributed by atoms with Crippen molar-refractivity contribution in [1.29, 1.82) is 0 Å². The molecule has 0 radical (unpaired) electrons. The second kappa shape index (κ2) is 28.7. The molecule has 0 saturated carbocycles. The van der Waals surface area contributed by atoms with Crippen LogP contribution in [0.5, 0.6) is 34.5 Å². The molecule has 3 heterocycles. The molecule has 0 spiro atoms. The van der Waals surface area contributed by atoms with Gasteiger partial charge in [0.25, 0.3) is 0 Å². The van der Waals surface area contributed by atoms with E-state index in [0.717, 1.165) is 119 Å². The maximum Gasteiger partial charge on any atom is 0.146 e. The van der Waals surface area contributed by atoms with Crippen molar-refractivity contribution >= 4 is 0 Å². The fraction of sp³-hybridized carbons (Fsp3) is 0.477. The highest BCUT2D eigenvalue weighted by Crippen LogP contribution is 2.47. The standard InChI is InChI=1S/C86H113N7O6/c1-81(2,3)66-39-54-33-60-45-69(84(10,11)12)46-61(78(60)97-32-28-87-51-72-88-25-29-91(72)19)34-55-40-67(82(4,5)6)42-57(76(55)95-23)36-63-48-71(86(16,17)18)50-65(80(63)99-53-74-90-27-31-93(74)21)38-59-44-68(83(7,8)9)43-58(77(59)96-24)37-64-49-70(85(13,14)15)47-62(35-56(41-66)75(54)94-22)79(64)98-52-73-89-26-30-92(73)20/h25-27,29-31,39-50,87H,28,32-38,51-53H2,1-24H3.